The Balaban J connectivity index is 0.000000295. The Hall–Kier alpha value is -3.56. The number of ether oxygens (including phenoxy) is 1. The largest absolute Gasteiger partial charge is 0.394 e. The number of hydrogen-bond acceptors (Lipinski definition) is 6. The second-order valence-electron chi connectivity index (χ2n) is 9.13. The van der Waals surface area contributed by atoms with E-state index in [0.29, 0.717) is 24.1 Å². The Kier molecular flexibility index (Phi) is 9.54. The van der Waals surface area contributed by atoms with Gasteiger partial charge in [0.2, 0.25) is 0 Å². The van der Waals surface area contributed by atoms with Crippen molar-refractivity contribution in [1.82, 2.24) is 4.57 Å². The minimum Gasteiger partial charge on any atom is -0.394 e. The monoisotopic (exact) mass is 506 g/mol. The number of nitrogens with zero attached hydrogens (tertiary/aromatic N) is 1. The van der Waals surface area contributed by atoms with E-state index in [9.17, 15) is 9.59 Å². The van der Waals surface area contributed by atoms with Gasteiger partial charge in [0.25, 0.3) is 5.91 Å². The van der Waals surface area contributed by atoms with Gasteiger partial charge in [-0.25, -0.2) is 0 Å². The normalized spacial score (nSPS) is 13.6. The predicted molar refractivity (Wildman–Crippen MR) is 143 cm³/mol. The highest BCUT2D eigenvalue weighted by atomic mass is 16.6. The number of aliphatic hydroxyl groups is 3. The molecule has 1 heterocycles. The van der Waals surface area contributed by atoms with E-state index in [-0.39, 0.29) is 12.4 Å². The summed E-state index contributed by atoms with van der Waals surface area (Å²) in [5.74, 6) is -0.478. The van der Waals surface area contributed by atoms with Crippen molar-refractivity contribution in [2.24, 2.45) is 5.73 Å². The lowest BCUT2D eigenvalue weighted by Gasteiger charge is -2.18. The van der Waals surface area contributed by atoms with E-state index in [1.54, 1.807) is 25.3 Å². The van der Waals surface area contributed by atoms with Crippen molar-refractivity contribution in [3.05, 3.63) is 83.6 Å². The van der Waals surface area contributed by atoms with Crippen LogP contribution < -0.4 is 5.73 Å². The molecule has 0 bridgehead atoms. The number of carbonyl (C=O) groups is 2. The van der Waals surface area contributed by atoms with E-state index < -0.39 is 24.4 Å². The predicted octanol–water partition coefficient (Wildman–Crippen LogP) is 3.62. The molecule has 37 heavy (non-hydrogen) atoms. The molecule has 0 aliphatic heterocycles. The summed E-state index contributed by atoms with van der Waals surface area (Å²) in [5, 5.41) is 29.4. The number of amides is 1. The molecule has 0 aliphatic rings. The molecular weight excluding hydrogens is 472 g/mol. The highest BCUT2D eigenvalue weighted by Gasteiger charge is 2.15. The summed E-state index contributed by atoms with van der Waals surface area (Å²) >= 11 is 0. The third-order valence-corrected chi connectivity index (χ3v) is 5.92. The summed E-state index contributed by atoms with van der Waals surface area (Å²) in [7, 11) is 0. The molecule has 8 heteroatoms. The van der Waals surface area contributed by atoms with Crippen LogP contribution in [0.15, 0.2) is 66.9 Å². The molecule has 3 unspecified atom stereocenters. The number of carbonyl (C=O) groups excluding carboxylic acids is 2. The zero-order valence-corrected chi connectivity index (χ0v) is 21.3. The summed E-state index contributed by atoms with van der Waals surface area (Å²) in [6, 6.07) is 19.8. The number of aromatic nitrogens is 1. The number of aliphatic hydroxyl groups excluding tert-OH is 3. The summed E-state index contributed by atoms with van der Waals surface area (Å²) < 4.78 is 6.83. The van der Waals surface area contributed by atoms with Crippen LogP contribution in [0.3, 0.4) is 0 Å². The Bertz CT molecular complexity index is 1370. The Morgan fingerprint density at radius 2 is 1.70 bits per heavy atom. The maximum atomic E-state index is 11.8. The molecule has 4 rings (SSSR count). The fraction of sp³-hybridized carbons (Fsp3) is 0.310. The summed E-state index contributed by atoms with van der Waals surface area (Å²) in [4.78, 5) is 23.6. The van der Waals surface area contributed by atoms with Crippen molar-refractivity contribution in [3.8, 4) is 0 Å². The van der Waals surface area contributed by atoms with Gasteiger partial charge >= 0.3 is 0 Å². The number of nitrogens with two attached hydrogens (primary N) is 1. The summed E-state index contributed by atoms with van der Waals surface area (Å²) in [5.41, 5.74) is 8.57. The molecule has 0 fully saturated rings. The van der Waals surface area contributed by atoms with Crippen LogP contribution in [0.4, 0.5) is 0 Å². The highest BCUT2D eigenvalue weighted by Crippen LogP contribution is 2.25. The first-order valence-electron chi connectivity index (χ1n) is 12.1. The van der Waals surface area contributed by atoms with Gasteiger partial charge in [0.05, 0.1) is 24.4 Å². The average molecular weight is 507 g/mol. The van der Waals surface area contributed by atoms with Gasteiger partial charge in [-0.2, -0.15) is 0 Å². The zero-order chi connectivity index (χ0) is 27.1. The lowest BCUT2D eigenvalue weighted by Crippen LogP contribution is -2.26. The van der Waals surface area contributed by atoms with E-state index in [0.717, 1.165) is 16.5 Å². The second-order valence-corrected chi connectivity index (χ2v) is 9.13. The molecule has 196 valence electrons. The summed E-state index contributed by atoms with van der Waals surface area (Å²) in [6.07, 6.45) is 0.208. The molecule has 1 amide bonds. The van der Waals surface area contributed by atoms with Crippen molar-refractivity contribution in [2.75, 3.05) is 6.61 Å². The van der Waals surface area contributed by atoms with E-state index in [1.807, 2.05) is 22.8 Å². The SMILES string of the molecule is CC(=O)c1ccc2c(C(N)=O)cn(Cc3ccc4ccccc4c3)c2c1.CC(O)CC(CO)OC(C)O. The third-order valence-electron chi connectivity index (χ3n) is 5.92. The van der Waals surface area contributed by atoms with Gasteiger partial charge in [-0.15, -0.1) is 0 Å². The number of hydrogen-bond donors (Lipinski definition) is 4. The number of rotatable bonds is 9. The molecule has 3 aromatic carbocycles. The maximum absolute atomic E-state index is 11.8. The van der Waals surface area contributed by atoms with Crippen LogP contribution in [-0.4, -0.2) is 56.7 Å². The first kappa shape index (κ1) is 28.0. The number of primary amides is 1. The van der Waals surface area contributed by atoms with Crippen molar-refractivity contribution >= 4 is 33.4 Å². The Labute approximate surface area is 215 Å². The van der Waals surface area contributed by atoms with Gasteiger partial charge in [-0.05, 0) is 49.2 Å². The van der Waals surface area contributed by atoms with Crippen molar-refractivity contribution < 1.29 is 29.6 Å². The minimum absolute atomic E-state index is 0.00835. The second kappa shape index (κ2) is 12.6. The van der Waals surface area contributed by atoms with Crippen LogP contribution >= 0.6 is 0 Å². The van der Waals surface area contributed by atoms with E-state index >= 15 is 0 Å². The fourth-order valence-electron chi connectivity index (χ4n) is 4.20. The van der Waals surface area contributed by atoms with Crippen LogP contribution in [0.25, 0.3) is 21.7 Å². The Morgan fingerprint density at radius 3 is 2.30 bits per heavy atom. The molecule has 3 atom stereocenters. The van der Waals surface area contributed by atoms with E-state index in [2.05, 4.69) is 30.3 Å². The molecule has 1 aromatic heterocycles. The van der Waals surface area contributed by atoms with Gasteiger partial charge in [0, 0.05) is 35.6 Å². The summed E-state index contributed by atoms with van der Waals surface area (Å²) in [6.45, 7) is 5.01. The van der Waals surface area contributed by atoms with Crippen LogP contribution in [0.5, 0.6) is 0 Å². The van der Waals surface area contributed by atoms with Crippen LogP contribution in [-0.2, 0) is 11.3 Å². The molecule has 0 saturated carbocycles. The first-order chi connectivity index (χ1) is 17.6. The maximum Gasteiger partial charge on any atom is 0.250 e. The number of Topliss-reactive ketones (excluding diaryl/α,β-unsaturated/α-hetero) is 1. The smallest absolute Gasteiger partial charge is 0.250 e. The number of fused-ring (bicyclic) bond motifs is 2. The molecule has 4 aromatic rings. The molecule has 8 nitrogen and oxygen atoms in total. The molecule has 0 radical (unpaired) electrons. The molecular formula is C29H34N2O6. The lowest BCUT2D eigenvalue weighted by atomic mass is 10.1. The standard InChI is InChI=1S/C22H18N2O2.C7H16O4/c1-14(25)17-8-9-19-20(22(23)26)13-24(21(19)11-17)12-15-6-7-16-4-2-3-5-18(16)10-15;1-5(9)3-7(4-8)11-6(2)10/h2-11,13H,12H2,1H3,(H2,23,26);5-10H,3-4H2,1-2H3. The topological polar surface area (TPSA) is 135 Å². The average Bonchev–Trinajstić information content (AvgIpc) is 3.21. The van der Waals surface area contributed by atoms with Crippen LogP contribution in [0.2, 0.25) is 0 Å². The van der Waals surface area contributed by atoms with Gasteiger partial charge in [0.1, 0.15) is 0 Å². The van der Waals surface area contributed by atoms with E-state index in [1.165, 1.54) is 24.6 Å². The molecule has 5 N–H and O–H groups in total. The van der Waals surface area contributed by atoms with Crippen molar-refractivity contribution in [3.63, 3.8) is 0 Å². The fourth-order valence-corrected chi connectivity index (χ4v) is 4.20. The van der Waals surface area contributed by atoms with Crippen LogP contribution in [0, 0.1) is 0 Å². The molecule has 0 spiro atoms. The van der Waals surface area contributed by atoms with E-state index in [4.69, 9.17) is 25.8 Å². The van der Waals surface area contributed by atoms with Crippen molar-refractivity contribution in [2.45, 2.75) is 52.2 Å². The van der Waals surface area contributed by atoms with Gasteiger partial charge in [-0.3, -0.25) is 9.59 Å². The van der Waals surface area contributed by atoms with Crippen LogP contribution in [0.1, 0.15) is 53.5 Å². The zero-order valence-electron chi connectivity index (χ0n) is 21.3. The minimum atomic E-state index is -0.897. The van der Waals surface area contributed by atoms with Gasteiger partial charge in [-0.1, -0.05) is 48.5 Å². The number of ketones is 1. The highest BCUT2D eigenvalue weighted by molar-refractivity contribution is 6.08. The van der Waals surface area contributed by atoms with Gasteiger partial charge in [0.15, 0.2) is 12.1 Å². The van der Waals surface area contributed by atoms with Crippen molar-refractivity contribution in [1.29, 1.82) is 0 Å². The van der Waals surface area contributed by atoms with Gasteiger partial charge < -0.3 is 30.4 Å². The molecule has 0 aliphatic carbocycles. The Morgan fingerprint density at radius 1 is 1.00 bits per heavy atom. The first-order valence-corrected chi connectivity index (χ1v) is 12.1. The quantitative estimate of drug-likeness (QED) is 0.202. The number of benzene rings is 3. The third kappa shape index (κ3) is 7.47. The lowest BCUT2D eigenvalue weighted by molar-refractivity contribution is -0.143. The molecule has 0 saturated heterocycles.